The molecule has 1 aliphatic heterocycles. The van der Waals surface area contributed by atoms with Crippen molar-refractivity contribution in [3.8, 4) is 0 Å². The second-order valence-electron chi connectivity index (χ2n) is 5.92. The Balaban J connectivity index is 1.98. The second kappa shape index (κ2) is 3.91. The number of hydrogen-bond donors (Lipinski definition) is 1. The Hall–Kier alpha value is -0.770. The number of likely N-dealkylation sites (tertiary alicyclic amines) is 1. The van der Waals surface area contributed by atoms with Crippen LogP contribution in [0, 0.1) is 5.92 Å². The van der Waals surface area contributed by atoms with E-state index in [1.165, 1.54) is 0 Å². The van der Waals surface area contributed by atoms with Crippen molar-refractivity contribution >= 4 is 6.09 Å². The first-order valence-corrected chi connectivity index (χ1v) is 6.04. The van der Waals surface area contributed by atoms with Gasteiger partial charge in [-0.1, -0.05) is 0 Å². The van der Waals surface area contributed by atoms with Crippen molar-refractivity contribution in [2.24, 2.45) is 5.92 Å². The molecule has 4 nitrogen and oxygen atoms in total. The molecule has 0 aromatic rings. The van der Waals surface area contributed by atoms with Crippen LogP contribution in [0.4, 0.5) is 4.79 Å². The summed E-state index contributed by atoms with van der Waals surface area (Å²) in [6.45, 7) is 6.41. The molecular formula is C12H21NO3. The molecule has 0 aromatic heterocycles. The van der Waals surface area contributed by atoms with Gasteiger partial charge >= 0.3 is 6.09 Å². The van der Waals surface area contributed by atoms with Gasteiger partial charge in [-0.3, -0.25) is 0 Å². The molecular weight excluding hydrogens is 206 g/mol. The maximum Gasteiger partial charge on any atom is 0.410 e. The third-order valence-electron chi connectivity index (χ3n) is 3.40. The van der Waals surface area contributed by atoms with Gasteiger partial charge < -0.3 is 14.7 Å². The Morgan fingerprint density at radius 2 is 2.06 bits per heavy atom. The third-order valence-corrected chi connectivity index (χ3v) is 3.40. The number of rotatable bonds is 0. The molecule has 0 bridgehead atoms. The molecule has 1 saturated carbocycles. The van der Waals surface area contributed by atoms with E-state index >= 15 is 0 Å². The minimum Gasteiger partial charge on any atom is -0.444 e. The van der Waals surface area contributed by atoms with E-state index in [4.69, 9.17) is 4.74 Å². The van der Waals surface area contributed by atoms with Crippen molar-refractivity contribution in [1.82, 2.24) is 4.90 Å². The minimum atomic E-state index is -0.438. The van der Waals surface area contributed by atoms with Crippen LogP contribution in [0.5, 0.6) is 0 Å². The first-order valence-electron chi connectivity index (χ1n) is 6.04. The zero-order chi connectivity index (χ0) is 11.9. The molecule has 16 heavy (non-hydrogen) atoms. The Bertz CT molecular complexity index is 284. The van der Waals surface area contributed by atoms with Crippen LogP contribution in [0.25, 0.3) is 0 Å². The zero-order valence-corrected chi connectivity index (χ0v) is 10.3. The summed E-state index contributed by atoms with van der Waals surface area (Å²) in [6, 6.07) is 0.199. The standard InChI is InChI=1S/C12H21NO3/c1-12(2,3)16-11(15)13-5-4-8-6-9(14)7-10(8)13/h8-10,14H,4-7H2,1-3H3/t8-,9-,10-/m1/s1. The summed E-state index contributed by atoms with van der Waals surface area (Å²) < 4.78 is 5.37. The highest BCUT2D eigenvalue weighted by atomic mass is 16.6. The largest absolute Gasteiger partial charge is 0.444 e. The van der Waals surface area contributed by atoms with Crippen LogP contribution >= 0.6 is 0 Å². The van der Waals surface area contributed by atoms with Crippen molar-refractivity contribution in [2.45, 2.75) is 57.8 Å². The summed E-state index contributed by atoms with van der Waals surface area (Å²) in [5.74, 6) is 0.475. The number of carbonyl (C=O) groups excluding carboxylic acids is 1. The topological polar surface area (TPSA) is 49.8 Å². The summed E-state index contributed by atoms with van der Waals surface area (Å²) in [4.78, 5) is 13.7. The molecule has 2 fully saturated rings. The van der Waals surface area contributed by atoms with E-state index in [2.05, 4.69) is 0 Å². The molecule has 1 heterocycles. The molecule has 0 aromatic carbocycles. The van der Waals surface area contributed by atoms with Crippen LogP contribution in [0.2, 0.25) is 0 Å². The van der Waals surface area contributed by atoms with E-state index in [-0.39, 0.29) is 18.2 Å². The lowest BCUT2D eigenvalue weighted by Crippen LogP contribution is -2.40. The van der Waals surface area contributed by atoms with Gasteiger partial charge in [-0.2, -0.15) is 0 Å². The quantitative estimate of drug-likeness (QED) is 0.686. The highest BCUT2D eigenvalue weighted by Gasteiger charge is 2.44. The molecule has 3 atom stereocenters. The van der Waals surface area contributed by atoms with Gasteiger partial charge in [0.25, 0.3) is 0 Å². The smallest absolute Gasteiger partial charge is 0.410 e. The van der Waals surface area contributed by atoms with Gasteiger partial charge in [0, 0.05) is 12.6 Å². The van der Waals surface area contributed by atoms with E-state index < -0.39 is 5.60 Å². The van der Waals surface area contributed by atoms with Gasteiger partial charge in [0.1, 0.15) is 5.60 Å². The monoisotopic (exact) mass is 227 g/mol. The highest BCUT2D eigenvalue weighted by Crippen LogP contribution is 2.38. The fraction of sp³-hybridized carbons (Fsp3) is 0.917. The van der Waals surface area contributed by atoms with Crippen molar-refractivity contribution in [3.63, 3.8) is 0 Å². The van der Waals surface area contributed by atoms with Crippen molar-refractivity contribution in [3.05, 3.63) is 0 Å². The number of aliphatic hydroxyl groups excluding tert-OH is 1. The van der Waals surface area contributed by atoms with Crippen LogP contribution < -0.4 is 0 Å². The SMILES string of the molecule is CC(C)(C)OC(=O)N1CC[C@@H]2C[C@@H](O)C[C@H]21. The normalized spacial score (nSPS) is 34.0. The van der Waals surface area contributed by atoms with Crippen molar-refractivity contribution in [2.75, 3.05) is 6.54 Å². The molecule has 0 radical (unpaired) electrons. The number of carbonyl (C=O) groups is 1. The molecule has 1 saturated heterocycles. The van der Waals surface area contributed by atoms with Gasteiger partial charge in [0.05, 0.1) is 6.10 Å². The Kier molecular flexibility index (Phi) is 2.86. The third kappa shape index (κ3) is 2.32. The van der Waals surface area contributed by atoms with Gasteiger partial charge in [-0.05, 0) is 46.0 Å². The number of fused-ring (bicyclic) bond motifs is 1. The molecule has 1 aliphatic carbocycles. The predicted molar refractivity (Wildman–Crippen MR) is 60.1 cm³/mol. The maximum absolute atomic E-state index is 11.9. The average molecular weight is 227 g/mol. The first kappa shape index (κ1) is 11.7. The summed E-state index contributed by atoms with van der Waals surface area (Å²) >= 11 is 0. The summed E-state index contributed by atoms with van der Waals surface area (Å²) in [7, 11) is 0. The van der Waals surface area contributed by atoms with Gasteiger partial charge in [-0.15, -0.1) is 0 Å². The fourth-order valence-electron chi connectivity index (χ4n) is 2.78. The lowest BCUT2D eigenvalue weighted by Gasteiger charge is -2.28. The van der Waals surface area contributed by atoms with Crippen LogP contribution in [0.3, 0.4) is 0 Å². The van der Waals surface area contributed by atoms with Crippen molar-refractivity contribution in [1.29, 1.82) is 0 Å². The predicted octanol–water partition coefficient (Wildman–Crippen LogP) is 1.77. The molecule has 4 heteroatoms. The van der Waals surface area contributed by atoms with E-state index in [9.17, 15) is 9.90 Å². The zero-order valence-electron chi connectivity index (χ0n) is 10.3. The number of hydrogen-bond acceptors (Lipinski definition) is 3. The maximum atomic E-state index is 11.9. The van der Waals surface area contributed by atoms with E-state index in [1.807, 2.05) is 20.8 Å². The fourth-order valence-corrected chi connectivity index (χ4v) is 2.78. The summed E-state index contributed by atoms with van der Waals surface area (Å²) in [6.07, 6.45) is 2.09. The summed E-state index contributed by atoms with van der Waals surface area (Å²) in [5, 5.41) is 9.59. The van der Waals surface area contributed by atoms with E-state index in [0.717, 1.165) is 19.4 Å². The lowest BCUT2D eigenvalue weighted by molar-refractivity contribution is 0.0206. The Morgan fingerprint density at radius 1 is 1.38 bits per heavy atom. The molecule has 1 N–H and O–H groups in total. The number of aliphatic hydroxyl groups is 1. The lowest BCUT2D eigenvalue weighted by atomic mass is 10.0. The van der Waals surface area contributed by atoms with Crippen molar-refractivity contribution < 1.29 is 14.6 Å². The number of nitrogens with zero attached hydrogens (tertiary/aromatic N) is 1. The molecule has 0 spiro atoms. The first-order chi connectivity index (χ1) is 7.37. The molecule has 1 amide bonds. The van der Waals surface area contributed by atoms with Crippen LogP contribution in [0.1, 0.15) is 40.0 Å². The number of amides is 1. The van der Waals surface area contributed by atoms with Crippen LogP contribution in [-0.4, -0.2) is 40.4 Å². The Labute approximate surface area is 96.6 Å². The second-order valence-corrected chi connectivity index (χ2v) is 5.92. The number of ether oxygens (including phenoxy) is 1. The average Bonchev–Trinajstić information content (AvgIpc) is 2.58. The molecule has 92 valence electrons. The van der Waals surface area contributed by atoms with Gasteiger partial charge in [0.2, 0.25) is 0 Å². The Morgan fingerprint density at radius 3 is 2.69 bits per heavy atom. The van der Waals surface area contributed by atoms with E-state index in [0.29, 0.717) is 12.3 Å². The molecule has 0 unspecified atom stereocenters. The highest BCUT2D eigenvalue weighted by molar-refractivity contribution is 5.69. The van der Waals surface area contributed by atoms with Gasteiger partial charge in [-0.25, -0.2) is 4.79 Å². The molecule has 2 rings (SSSR count). The molecule has 2 aliphatic rings. The van der Waals surface area contributed by atoms with Gasteiger partial charge in [0.15, 0.2) is 0 Å². The van der Waals surface area contributed by atoms with Crippen LogP contribution in [-0.2, 0) is 4.74 Å². The van der Waals surface area contributed by atoms with E-state index in [1.54, 1.807) is 4.90 Å². The minimum absolute atomic E-state index is 0.199. The van der Waals surface area contributed by atoms with Crippen LogP contribution in [0.15, 0.2) is 0 Å². The summed E-state index contributed by atoms with van der Waals surface area (Å²) in [5.41, 5.74) is -0.438.